The summed E-state index contributed by atoms with van der Waals surface area (Å²) in [6, 6.07) is 11.7. The second kappa shape index (κ2) is 9.44. The molecule has 0 saturated heterocycles. The highest BCUT2D eigenvalue weighted by molar-refractivity contribution is 5.96. The van der Waals surface area contributed by atoms with Crippen molar-refractivity contribution >= 4 is 5.78 Å². The van der Waals surface area contributed by atoms with Gasteiger partial charge in [0.25, 0.3) is 0 Å². The quantitative estimate of drug-likeness (QED) is 0.509. The molecule has 2 rings (SSSR count). The molecule has 0 aliphatic carbocycles. The van der Waals surface area contributed by atoms with Gasteiger partial charge in [0.15, 0.2) is 5.78 Å². The highest BCUT2D eigenvalue weighted by Crippen LogP contribution is 2.11. The van der Waals surface area contributed by atoms with Crippen LogP contribution in [0.4, 0.5) is 0 Å². The van der Waals surface area contributed by atoms with Gasteiger partial charge in [0.1, 0.15) is 0 Å². The predicted octanol–water partition coefficient (Wildman–Crippen LogP) is 4.08. The fourth-order valence-electron chi connectivity index (χ4n) is 2.36. The Bertz CT molecular complexity index is 645. The molecule has 0 aliphatic rings. The first-order valence-electron chi connectivity index (χ1n) is 8.67. The Balaban J connectivity index is 1.71. The van der Waals surface area contributed by atoms with Crippen LogP contribution in [0.5, 0.6) is 0 Å². The third-order valence-electron chi connectivity index (χ3n) is 3.64. The van der Waals surface area contributed by atoms with E-state index < -0.39 is 0 Å². The van der Waals surface area contributed by atoms with Gasteiger partial charge >= 0.3 is 0 Å². The average Bonchev–Trinajstić information content (AvgIpc) is 2.58. The molecule has 25 heavy (non-hydrogen) atoms. The first kappa shape index (κ1) is 19.3. The highest BCUT2D eigenvalue weighted by Gasteiger charge is 2.09. The van der Waals surface area contributed by atoms with Crippen LogP contribution in [-0.2, 0) is 15.9 Å². The maximum absolute atomic E-state index is 12.2. The smallest absolute Gasteiger partial charge is 0.165 e. The standard InChI is InChI=1S/C21H27NO3/c1-21(2,3)25-14-13-24-12-10-20(23)19-8-6-17(7-9-19)15-18-5-4-11-22-16-18/h4-9,11,16H,10,12-15H2,1-3H3. The number of hydrogen-bond donors (Lipinski definition) is 0. The molecule has 1 heterocycles. The largest absolute Gasteiger partial charge is 0.379 e. The number of aromatic nitrogens is 1. The van der Waals surface area contributed by atoms with Crippen LogP contribution in [-0.4, -0.2) is 36.2 Å². The Hall–Kier alpha value is -2.04. The monoisotopic (exact) mass is 341 g/mol. The maximum atomic E-state index is 12.2. The Morgan fingerprint density at radius 2 is 1.76 bits per heavy atom. The molecule has 0 fully saturated rings. The summed E-state index contributed by atoms with van der Waals surface area (Å²) >= 11 is 0. The topological polar surface area (TPSA) is 48.4 Å². The van der Waals surface area contributed by atoms with E-state index in [-0.39, 0.29) is 11.4 Å². The molecule has 2 aromatic rings. The van der Waals surface area contributed by atoms with Crippen molar-refractivity contribution in [3.63, 3.8) is 0 Å². The SMILES string of the molecule is CC(C)(C)OCCOCCC(=O)c1ccc(Cc2cccnc2)cc1. The fourth-order valence-corrected chi connectivity index (χ4v) is 2.36. The Morgan fingerprint density at radius 3 is 2.40 bits per heavy atom. The molecule has 1 aromatic heterocycles. The number of rotatable bonds is 9. The summed E-state index contributed by atoms with van der Waals surface area (Å²) in [5, 5.41) is 0. The lowest BCUT2D eigenvalue weighted by Crippen LogP contribution is -2.22. The average molecular weight is 341 g/mol. The molecule has 0 amide bonds. The van der Waals surface area contributed by atoms with Crippen molar-refractivity contribution in [1.82, 2.24) is 4.98 Å². The van der Waals surface area contributed by atoms with Crippen LogP contribution in [0.25, 0.3) is 0 Å². The first-order valence-corrected chi connectivity index (χ1v) is 8.67. The molecule has 0 aliphatic heterocycles. The molecule has 0 bridgehead atoms. The minimum absolute atomic E-state index is 0.102. The van der Waals surface area contributed by atoms with Gasteiger partial charge in [0, 0.05) is 24.4 Å². The molecule has 4 nitrogen and oxygen atoms in total. The maximum Gasteiger partial charge on any atom is 0.165 e. The molecule has 134 valence electrons. The van der Waals surface area contributed by atoms with Crippen LogP contribution in [0, 0.1) is 0 Å². The van der Waals surface area contributed by atoms with Crippen molar-refractivity contribution in [2.24, 2.45) is 0 Å². The molecule has 0 radical (unpaired) electrons. The van der Waals surface area contributed by atoms with Gasteiger partial charge in [-0.1, -0.05) is 30.3 Å². The van der Waals surface area contributed by atoms with Gasteiger partial charge in [0.2, 0.25) is 0 Å². The third kappa shape index (κ3) is 7.59. The molecule has 4 heteroatoms. The highest BCUT2D eigenvalue weighted by atomic mass is 16.5. The summed E-state index contributed by atoms with van der Waals surface area (Å²) in [6.45, 7) is 7.50. The van der Waals surface area contributed by atoms with E-state index in [1.807, 2.05) is 63.4 Å². The number of nitrogens with zero attached hydrogens (tertiary/aromatic N) is 1. The van der Waals surface area contributed by atoms with Crippen molar-refractivity contribution in [2.45, 2.75) is 39.2 Å². The zero-order chi connectivity index (χ0) is 18.1. The van der Waals surface area contributed by atoms with E-state index in [2.05, 4.69) is 4.98 Å². The number of carbonyl (C=O) groups is 1. The van der Waals surface area contributed by atoms with Crippen molar-refractivity contribution in [3.05, 3.63) is 65.5 Å². The summed E-state index contributed by atoms with van der Waals surface area (Å²) in [5.41, 5.74) is 2.90. The molecular formula is C21H27NO3. The lowest BCUT2D eigenvalue weighted by atomic mass is 10.0. The first-order chi connectivity index (χ1) is 11.9. The number of ketones is 1. The molecule has 1 aromatic carbocycles. The van der Waals surface area contributed by atoms with Crippen LogP contribution >= 0.6 is 0 Å². The molecular weight excluding hydrogens is 314 g/mol. The van der Waals surface area contributed by atoms with Gasteiger partial charge in [-0.2, -0.15) is 0 Å². The minimum Gasteiger partial charge on any atom is -0.379 e. The van der Waals surface area contributed by atoms with Gasteiger partial charge in [-0.15, -0.1) is 0 Å². The van der Waals surface area contributed by atoms with Crippen LogP contribution in [0.3, 0.4) is 0 Å². The van der Waals surface area contributed by atoms with Crippen molar-refractivity contribution < 1.29 is 14.3 Å². The Morgan fingerprint density at radius 1 is 1.00 bits per heavy atom. The number of pyridine rings is 1. The zero-order valence-corrected chi connectivity index (χ0v) is 15.3. The predicted molar refractivity (Wildman–Crippen MR) is 99.0 cm³/mol. The van der Waals surface area contributed by atoms with Gasteiger partial charge in [-0.05, 0) is 44.4 Å². The van der Waals surface area contributed by atoms with E-state index in [9.17, 15) is 4.79 Å². The molecule has 0 unspecified atom stereocenters. The van der Waals surface area contributed by atoms with Crippen LogP contribution < -0.4 is 0 Å². The lowest BCUT2D eigenvalue weighted by Gasteiger charge is -2.19. The van der Waals surface area contributed by atoms with E-state index in [1.54, 1.807) is 6.20 Å². The second-order valence-corrected chi connectivity index (χ2v) is 6.98. The van der Waals surface area contributed by atoms with E-state index in [0.717, 1.165) is 17.5 Å². The van der Waals surface area contributed by atoms with Crippen LogP contribution in [0.2, 0.25) is 0 Å². The van der Waals surface area contributed by atoms with E-state index in [0.29, 0.717) is 26.2 Å². The van der Waals surface area contributed by atoms with Gasteiger partial charge in [-0.25, -0.2) is 0 Å². The van der Waals surface area contributed by atoms with E-state index in [1.165, 1.54) is 5.56 Å². The number of ether oxygens (including phenoxy) is 2. The number of benzene rings is 1. The number of Topliss-reactive ketones (excluding diaryl/α,β-unsaturated/α-hetero) is 1. The zero-order valence-electron chi connectivity index (χ0n) is 15.3. The number of carbonyl (C=O) groups excluding carboxylic acids is 1. The van der Waals surface area contributed by atoms with Crippen molar-refractivity contribution in [2.75, 3.05) is 19.8 Å². The van der Waals surface area contributed by atoms with Crippen molar-refractivity contribution in [3.8, 4) is 0 Å². The minimum atomic E-state index is -0.156. The van der Waals surface area contributed by atoms with Gasteiger partial charge < -0.3 is 9.47 Å². The molecule has 0 spiro atoms. The van der Waals surface area contributed by atoms with Gasteiger partial charge in [-0.3, -0.25) is 9.78 Å². The summed E-state index contributed by atoms with van der Waals surface area (Å²) < 4.78 is 11.0. The summed E-state index contributed by atoms with van der Waals surface area (Å²) in [5.74, 6) is 0.102. The summed E-state index contributed by atoms with van der Waals surface area (Å²) in [7, 11) is 0. The molecule has 0 N–H and O–H groups in total. The van der Waals surface area contributed by atoms with Crippen LogP contribution in [0.1, 0.15) is 48.7 Å². The molecule has 0 saturated carbocycles. The fraction of sp³-hybridized carbons (Fsp3) is 0.429. The van der Waals surface area contributed by atoms with E-state index in [4.69, 9.17) is 9.47 Å². The van der Waals surface area contributed by atoms with Crippen LogP contribution in [0.15, 0.2) is 48.8 Å². The Kier molecular flexibility index (Phi) is 7.29. The van der Waals surface area contributed by atoms with Crippen molar-refractivity contribution in [1.29, 1.82) is 0 Å². The number of hydrogen-bond acceptors (Lipinski definition) is 4. The van der Waals surface area contributed by atoms with Gasteiger partial charge in [0.05, 0.1) is 25.4 Å². The third-order valence-corrected chi connectivity index (χ3v) is 3.64. The summed E-state index contributed by atoms with van der Waals surface area (Å²) in [6.07, 6.45) is 4.83. The lowest BCUT2D eigenvalue weighted by molar-refractivity contribution is -0.0345. The molecule has 0 atom stereocenters. The normalized spacial score (nSPS) is 11.5. The Labute approximate surface area is 150 Å². The van der Waals surface area contributed by atoms with E-state index >= 15 is 0 Å². The second-order valence-electron chi connectivity index (χ2n) is 6.98. The summed E-state index contributed by atoms with van der Waals surface area (Å²) in [4.78, 5) is 16.3.